The van der Waals surface area contributed by atoms with Crippen LogP contribution in [0.3, 0.4) is 0 Å². The van der Waals surface area contributed by atoms with Crippen LogP contribution in [0.5, 0.6) is 0 Å². The summed E-state index contributed by atoms with van der Waals surface area (Å²) in [6.07, 6.45) is 2.15. The van der Waals surface area contributed by atoms with E-state index in [1.165, 1.54) is 19.2 Å². The molecule has 1 fully saturated rings. The van der Waals surface area contributed by atoms with Crippen molar-refractivity contribution in [1.82, 2.24) is 14.9 Å². The van der Waals surface area contributed by atoms with Gasteiger partial charge in [0, 0.05) is 19.6 Å². The van der Waals surface area contributed by atoms with E-state index >= 15 is 0 Å². The zero-order chi connectivity index (χ0) is 15.3. The topological polar surface area (TPSA) is 78.5 Å². The molecule has 6 nitrogen and oxygen atoms in total. The smallest absolute Gasteiger partial charge is 0.243 e. The van der Waals surface area contributed by atoms with E-state index in [2.05, 4.69) is 10.6 Å². The molecule has 0 saturated carbocycles. The van der Waals surface area contributed by atoms with Crippen molar-refractivity contribution < 1.29 is 13.2 Å². The molecule has 0 spiro atoms. The molecular weight excluding hydrogens is 290 g/mol. The van der Waals surface area contributed by atoms with Gasteiger partial charge >= 0.3 is 0 Å². The Hall–Kier alpha value is -1.44. The van der Waals surface area contributed by atoms with Gasteiger partial charge in [0.2, 0.25) is 15.9 Å². The van der Waals surface area contributed by atoms with Crippen LogP contribution in [0.15, 0.2) is 35.2 Å². The second-order valence-electron chi connectivity index (χ2n) is 5.17. The zero-order valence-electron chi connectivity index (χ0n) is 12.1. The summed E-state index contributed by atoms with van der Waals surface area (Å²) in [7, 11) is -2.20. The Labute approximate surface area is 125 Å². The molecule has 1 saturated heterocycles. The average molecular weight is 311 g/mol. The van der Waals surface area contributed by atoms with Crippen molar-refractivity contribution in [2.24, 2.45) is 0 Å². The molecule has 0 radical (unpaired) electrons. The summed E-state index contributed by atoms with van der Waals surface area (Å²) >= 11 is 0. The summed E-state index contributed by atoms with van der Waals surface area (Å²) < 4.78 is 25.6. The molecule has 0 aliphatic carbocycles. The third-order valence-corrected chi connectivity index (χ3v) is 5.34. The fraction of sp³-hybridized carbons (Fsp3) is 0.500. The van der Waals surface area contributed by atoms with Crippen LogP contribution in [0.4, 0.5) is 0 Å². The number of carbonyl (C=O) groups excluding carboxylic acids is 1. The Bertz CT molecular complexity index is 568. The van der Waals surface area contributed by atoms with Gasteiger partial charge in [0.15, 0.2) is 0 Å². The summed E-state index contributed by atoms with van der Waals surface area (Å²) in [6.45, 7) is 1.34. The van der Waals surface area contributed by atoms with Crippen molar-refractivity contribution in [2.75, 3.05) is 26.7 Å². The van der Waals surface area contributed by atoms with Gasteiger partial charge in [-0.2, -0.15) is 4.31 Å². The number of hydrogen-bond acceptors (Lipinski definition) is 4. The van der Waals surface area contributed by atoms with Crippen molar-refractivity contribution in [3.63, 3.8) is 0 Å². The molecule has 1 atom stereocenters. The van der Waals surface area contributed by atoms with Gasteiger partial charge in [-0.3, -0.25) is 4.79 Å². The lowest BCUT2D eigenvalue weighted by Gasteiger charge is -2.18. The second-order valence-corrected chi connectivity index (χ2v) is 7.22. The number of benzene rings is 1. The normalized spacial score (nSPS) is 18.9. The Kier molecular flexibility index (Phi) is 5.33. The number of sulfonamides is 1. The molecule has 1 amide bonds. The number of carbonyl (C=O) groups is 1. The highest BCUT2D eigenvalue weighted by atomic mass is 32.2. The standard InChI is InChI=1S/C14H21N3O3S/c1-17(21(19,20)13-7-3-2-4-8-13)11-14(18)16-10-12-6-5-9-15-12/h2-4,7-8,12,15H,5-6,9-11H2,1H3,(H,16,18). The fourth-order valence-corrected chi connectivity index (χ4v) is 3.43. The summed E-state index contributed by atoms with van der Waals surface area (Å²) in [6, 6.07) is 8.41. The number of likely N-dealkylation sites (N-methyl/N-ethyl adjacent to an activating group) is 1. The first-order chi connectivity index (χ1) is 10.00. The van der Waals surface area contributed by atoms with Crippen LogP contribution in [0, 0.1) is 0 Å². The highest BCUT2D eigenvalue weighted by Gasteiger charge is 2.23. The Morgan fingerprint density at radius 2 is 2.10 bits per heavy atom. The van der Waals surface area contributed by atoms with Crippen molar-refractivity contribution >= 4 is 15.9 Å². The van der Waals surface area contributed by atoms with Crippen molar-refractivity contribution in [1.29, 1.82) is 0 Å². The molecule has 1 heterocycles. The molecule has 2 rings (SSSR count). The molecule has 116 valence electrons. The van der Waals surface area contributed by atoms with E-state index < -0.39 is 10.0 Å². The van der Waals surface area contributed by atoms with E-state index in [0.29, 0.717) is 12.6 Å². The maximum absolute atomic E-state index is 12.3. The molecule has 7 heteroatoms. The third kappa shape index (κ3) is 4.26. The lowest BCUT2D eigenvalue weighted by Crippen LogP contribution is -2.42. The van der Waals surface area contributed by atoms with Crippen LogP contribution in [-0.2, 0) is 14.8 Å². The first kappa shape index (κ1) is 15.9. The SMILES string of the molecule is CN(CC(=O)NCC1CCCN1)S(=O)(=O)c1ccccc1. The predicted molar refractivity (Wildman–Crippen MR) is 80.3 cm³/mol. The van der Waals surface area contributed by atoms with Gasteiger partial charge in [-0.15, -0.1) is 0 Å². The molecule has 1 unspecified atom stereocenters. The first-order valence-corrected chi connectivity index (χ1v) is 8.45. The largest absolute Gasteiger partial charge is 0.353 e. The number of nitrogens with one attached hydrogen (secondary N) is 2. The summed E-state index contributed by atoms with van der Waals surface area (Å²) in [5.74, 6) is -0.286. The van der Waals surface area contributed by atoms with Crippen LogP contribution < -0.4 is 10.6 Å². The number of hydrogen-bond donors (Lipinski definition) is 2. The van der Waals surface area contributed by atoms with Crippen molar-refractivity contribution in [3.8, 4) is 0 Å². The van der Waals surface area contributed by atoms with E-state index in [9.17, 15) is 13.2 Å². The first-order valence-electron chi connectivity index (χ1n) is 7.01. The number of rotatable bonds is 6. The molecular formula is C14H21N3O3S. The molecule has 0 aromatic heterocycles. The van der Waals surface area contributed by atoms with Gasteiger partial charge in [-0.1, -0.05) is 18.2 Å². The fourth-order valence-electron chi connectivity index (χ4n) is 2.28. The highest BCUT2D eigenvalue weighted by molar-refractivity contribution is 7.89. The van der Waals surface area contributed by atoms with Crippen LogP contribution in [0.2, 0.25) is 0 Å². The van der Waals surface area contributed by atoms with Gasteiger partial charge in [0.25, 0.3) is 0 Å². The van der Waals surface area contributed by atoms with Crippen LogP contribution in [0.25, 0.3) is 0 Å². The number of nitrogens with zero attached hydrogens (tertiary/aromatic N) is 1. The van der Waals surface area contributed by atoms with Gasteiger partial charge in [-0.25, -0.2) is 8.42 Å². The molecule has 1 aliphatic rings. The van der Waals surface area contributed by atoms with Gasteiger partial charge in [0.05, 0.1) is 11.4 Å². The lowest BCUT2D eigenvalue weighted by atomic mass is 10.2. The highest BCUT2D eigenvalue weighted by Crippen LogP contribution is 2.12. The van der Waals surface area contributed by atoms with Crippen LogP contribution in [-0.4, -0.2) is 51.4 Å². The number of amides is 1. The van der Waals surface area contributed by atoms with E-state index in [1.54, 1.807) is 18.2 Å². The van der Waals surface area contributed by atoms with Gasteiger partial charge in [-0.05, 0) is 31.5 Å². The molecule has 2 N–H and O–H groups in total. The minimum absolute atomic E-state index is 0.177. The average Bonchev–Trinajstić information content (AvgIpc) is 2.99. The summed E-state index contributed by atoms with van der Waals surface area (Å²) in [5, 5.41) is 6.05. The van der Waals surface area contributed by atoms with E-state index in [-0.39, 0.29) is 17.3 Å². The third-order valence-electron chi connectivity index (χ3n) is 3.53. The molecule has 1 aromatic rings. The predicted octanol–water partition coefficient (Wildman–Crippen LogP) is 0.175. The quantitative estimate of drug-likeness (QED) is 0.785. The van der Waals surface area contributed by atoms with E-state index in [1.807, 2.05) is 0 Å². The van der Waals surface area contributed by atoms with Gasteiger partial charge in [0.1, 0.15) is 0 Å². The molecule has 1 aliphatic heterocycles. The Morgan fingerprint density at radius 3 is 2.71 bits per heavy atom. The minimum Gasteiger partial charge on any atom is -0.353 e. The maximum Gasteiger partial charge on any atom is 0.243 e. The van der Waals surface area contributed by atoms with Crippen molar-refractivity contribution in [2.45, 2.75) is 23.8 Å². The molecule has 0 bridgehead atoms. The lowest BCUT2D eigenvalue weighted by molar-refractivity contribution is -0.121. The molecule has 1 aromatic carbocycles. The van der Waals surface area contributed by atoms with Gasteiger partial charge < -0.3 is 10.6 Å². The van der Waals surface area contributed by atoms with E-state index in [0.717, 1.165) is 23.7 Å². The second kappa shape index (κ2) is 7.02. The Balaban J connectivity index is 1.88. The Morgan fingerprint density at radius 1 is 1.38 bits per heavy atom. The van der Waals surface area contributed by atoms with Crippen LogP contribution in [0.1, 0.15) is 12.8 Å². The summed E-state index contributed by atoms with van der Waals surface area (Å²) in [4.78, 5) is 12.0. The van der Waals surface area contributed by atoms with Crippen LogP contribution >= 0.6 is 0 Å². The summed E-state index contributed by atoms with van der Waals surface area (Å²) in [5.41, 5.74) is 0. The zero-order valence-corrected chi connectivity index (χ0v) is 12.9. The van der Waals surface area contributed by atoms with Crippen molar-refractivity contribution in [3.05, 3.63) is 30.3 Å². The minimum atomic E-state index is -3.61. The molecule has 21 heavy (non-hydrogen) atoms. The maximum atomic E-state index is 12.3. The monoisotopic (exact) mass is 311 g/mol. The van der Waals surface area contributed by atoms with E-state index in [4.69, 9.17) is 0 Å².